The van der Waals surface area contributed by atoms with Crippen LogP contribution < -0.4 is 16.2 Å². The Morgan fingerprint density at radius 2 is 2.00 bits per heavy atom. The van der Waals surface area contributed by atoms with Gasteiger partial charge in [-0.2, -0.15) is 0 Å². The van der Waals surface area contributed by atoms with E-state index in [0.717, 1.165) is 6.42 Å². The zero-order valence-electron chi connectivity index (χ0n) is 13.0. The number of urea groups is 1. The van der Waals surface area contributed by atoms with Gasteiger partial charge in [0.15, 0.2) is 0 Å². The van der Waals surface area contributed by atoms with E-state index in [4.69, 9.17) is 11.6 Å². The maximum atomic E-state index is 13.2. The van der Waals surface area contributed by atoms with Gasteiger partial charge in [0.05, 0.1) is 10.7 Å². The molecule has 122 valence electrons. The zero-order valence-corrected chi connectivity index (χ0v) is 13.7. The summed E-state index contributed by atoms with van der Waals surface area (Å²) in [4.78, 5) is 13.7. The minimum atomic E-state index is -0.437. The SMILES string of the molecule is CC1NNC(C)C1CCN(C)C(=O)Nc1cc(F)ccc1Cl. The van der Waals surface area contributed by atoms with Crippen molar-refractivity contribution >= 4 is 23.3 Å². The standard InChI is InChI=1S/C15H22ClFN4O/c1-9-12(10(2)20-19-9)6-7-21(3)15(22)18-14-8-11(17)4-5-13(14)16/h4-5,8-10,12,19-20H,6-7H2,1-3H3,(H,18,22). The molecule has 2 atom stereocenters. The highest BCUT2D eigenvalue weighted by Gasteiger charge is 2.29. The van der Waals surface area contributed by atoms with Crippen LogP contribution in [0.25, 0.3) is 0 Å². The third kappa shape index (κ3) is 4.09. The molecular weight excluding hydrogens is 307 g/mol. The normalized spacial score (nSPS) is 24.3. The van der Waals surface area contributed by atoms with E-state index in [1.54, 1.807) is 11.9 Å². The third-order valence-corrected chi connectivity index (χ3v) is 4.47. The van der Waals surface area contributed by atoms with Gasteiger partial charge < -0.3 is 10.2 Å². The lowest BCUT2D eigenvalue weighted by Crippen LogP contribution is -2.35. The van der Waals surface area contributed by atoms with E-state index in [0.29, 0.717) is 29.6 Å². The van der Waals surface area contributed by atoms with Crippen molar-refractivity contribution in [2.45, 2.75) is 32.4 Å². The lowest BCUT2D eigenvalue weighted by Gasteiger charge is -2.23. The average Bonchev–Trinajstić information content (AvgIpc) is 2.79. The highest BCUT2D eigenvalue weighted by Crippen LogP contribution is 2.23. The van der Waals surface area contributed by atoms with E-state index in [1.807, 2.05) is 0 Å². The van der Waals surface area contributed by atoms with Crippen LogP contribution in [-0.4, -0.2) is 36.6 Å². The summed E-state index contributed by atoms with van der Waals surface area (Å²) < 4.78 is 13.2. The summed E-state index contributed by atoms with van der Waals surface area (Å²) in [5.41, 5.74) is 6.68. The van der Waals surface area contributed by atoms with Crippen LogP contribution >= 0.6 is 11.6 Å². The largest absolute Gasteiger partial charge is 0.328 e. The molecule has 0 spiro atoms. The second-order valence-corrected chi connectivity index (χ2v) is 6.20. The molecule has 1 aromatic carbocycles. The fraction of sp³-hybridized carbons (Fsp3) is 0.533. The molecule has 2 amide bonds. The molecule has 0 radical (unpaired) electrons. The van der Waals surface area contributed by atoms with Crippen molar-refractivity contribution in [3.05, 3.63) is 29.0 Å². The van der Waals surface area contributed by atoms with Crippen molar-refractivity contribution in [2.75, 3.05) is 18.9 Å². The number of hydrogen-bond acceptors (Lipinski definition) is 3. The number of carbonyl (C=O) groups excluding carboxylic acids is 1. The highest BCUT2D eigenvalue weighted by molar-refractivity contribution is 6.33. The molecule has 0 bridgehead atoms. The lowest BCUT2D eigenvalue weighted by atomic mass is 9.93. The topological polar surface area (TPSA) is 56.4 Å². The van der Waals surface area contributed by atoms with Crippen LogP contribution in [0.15, 0.2) is 18.2 Å². The maximum absolute atomic E-state index is 13.2. The average molecular weight is 329 g/mol. The van der Waals surface area contributed by atoms with Crippen molar-refractivity contribution in [1.82, 2.24) is 15.8 Å². The smallest absolute Gasteiger partial charge is 0.321 e. The molecule has 2 unspecified atom stereocenters. The molecule has 5 nitrogen and oxygen atoms in total. The fourth-order valence-corrected chi connectivity index (χ4v) is 2.82. The van der Waals surface area contributed by atoms with E-state index in [1.165, 1.54) is 18.2 Å². The fourth-order valence-electron chi connectivity index (χ4n) is 2.66. The molecule has 0 aromatic heterocycles. The van der Waals surface area contributed by atoms with Gasteiger partial charge in [-0.05, 0) is 44.4 Å². The van der Waals surface area contributed by atoms with Gasteiger partial charge in [0.25, 0.3) is 0 Å². The number of carbonyl (C=O) groups is 1. The molecular formula is C15H22ClFN4O. The van der Waals surface area contributed by atoms with Crippen LogP contribution in [0, 0.1) is 11.7 Å². The molecule has 2 rings (SSSR count). The summed E-state index contributed by atoms with van der Waals surface area (Å²) in [6.07, 6.45) is 0.878. The molecule has 1 heterocycles. The van der Waals surface area contributed by atoms with Gasteiger partial charge in [0.2, 0.25) is 0 Å². The summed E-state index contributed by atoms with van der Waals surface area (Å²) in [5, 5.41) is 2.95. The molecule has 1 fully saturated rings. The monoisotopic (exact) mass is 328 g/mol. The minimum Gasteiger partial charge on any atom is -0.328 e. The van der Waals surface area contributed by atoms with Crippen molar-refractivity contribution in [3.8, 4) is 0 Å². The number of hydrogen-bond donors (Lipinski definition) is 3. The Morgan fingerprint density at radius 3 is 2.64 bits per heavy atom. The first kappa shape index (κ1) is 17.0. The Kier molecular flexibility index (Phi) is 5.61. The van der Waals surface area contributed by atoms with E-state index in [-0.39, 0.29) is 11.7 Å². The molecule has 1 aliphatic rings. The Bertz CT molecular complexity index is 532. The van der Waals surface area contributed by atoms with Crippen molar-refractivity contribution < 1.29 is 9.18 Å². The molecule has 0 saturated carbocycles. The van der Waals surface area contributed by atoms with Gasteiger partial charge in [-0.15, -0.1) is 0 Å². The van der Waals surface area contributed by atoms with Crippen LogP contribution in [0.3, 0.4) is 0 Å². The van der Waals surface area contributed by atoms with Gasteiger partial charge in [-0.1, -0.05) is 11.6 Å². The molecule has 7 heteroatoms. The first-order valence-electron chi connectivity index (χ1n) is 7.36. The molecule has 22 heavy (non-hydrogen) atoms. The first-order valence-corrected chi connectivity index (χ1v) is 7.74. The predicted molar refractivity (Wildman–Crippen MR) is 86.4 cm³/mol. The van der Waals surface area contributed by atoms with Gasteiger partial charge >= 0.3 is 6.03 Å². The van der Waals surface area contributed by atoms with E-state index in [9.17, 15) is 9.18 Å². The van der Waals surface area contributed by atoms with Gasteiger partial charge in [0.1, 0.15) is 5.82 Å². The lowest BCUT2D eigenvalue weighted by molar-refractivity contribution is 0.217. The number of hydrazine groups is 1. The second kappa shape index (κ2) is 7.26. The van der Waals surface area contributed by atoms with Gasteiger partial charge in [-0.25, -0.2) is 9.18 Å². The van der Waals surface area contributed by atoms with Crippen LogP contribution in [0.1, 0.15) is 20.3 Å². The van der Waals surface area contributed by atoms with Crippen LogP contribution in [0.4, 0.5) is 14.9 Å². The Hall–Kier alpha value is -1.37. The van der Waals surface area contributed by atoms with Crippen molar-refractivity contribution in [2.24, 2.45) is 5.92 Å². The summed E-state index contributed by atoms with van der Waals surface area (Å²) in [6.45, 7) is 4.85. The van der Waals surface area contributed by atoms with E-state index in [2.05, 4.69) is 30.0 Å². The third-order valence-electron chi connectivity index (χ3n) is 4.14. The Morgan fingerprint density at radius 1 is 1.36 bits per heavy atom. The van der Waals surface area contributed by atoms with Gasteiger partial charge in [0, 0.05) is 25.7 Å². The summed E-state index contributed by atoms with van der Waals surface area (Å²) in [7, 11) is 1.72. The first-order chi connectivity index (χ1) is 10.4. The number of amides is 2. The van der Waals surface area contributed by atoms with Crippen molar-refractivity contribution in [1.29, 1.82) is 0 Å². The number of halogens is 2. The molecule has 1 aromatic rings. The van der Waals surface area contributed by atoms with E-state index < -0.39 is 5.82 Å². The summed E-state index contributed by atoms with van der Waals surface area (Å²) >= 11 is 5.95. The van der Waals surface area contributed by atoms with E-state index >= 15 is 0 Å². The van der Waals surface area contributed by atoms with Crippen LogP contribution in [0.2, 0.25) is 5.02 Å². The highest BCUT2D eigenvalue weighted by atomic mass is 35.5. The molecule has 1 saturated heterocycles. The molecule has 0 aliphatic carbocycles. The molecule has 3 N–H and O–H groups in total. The van der Waals surface area contributed by atoms with Crippen LogP contribution in [0.5, 0.6) is 0 Å². The summed E-state index contributed by atoms with van der Waals surface area (Å²) in [5.74, 6) is 0.0149. The van der Waals surface area contributed by atoms with Crippen LogP contribution in [-0.2, 0) is 0 Å². The Labute approximate surface area is 135 Å². The molecule has 1 aliphatic heterocycles. The minimum absolute atomic E-state index is 0.282. The summed E-state index contributed by atoms with van der Waals surface area (Å²) in [6, 6.07) is 4.32. The Balaban J connectivity index is 1.88. The maximum Gasteiger partial charge on any atom is 0.321 e. The second-order valence-electron chi connectivity index (χ2n) is 5.79. The number of benzene rings is 1. The quantitative estimate of drug-likeness (QED) is 0.796. The zero-order chi connectivity index (χ0) is 16.3. The number of nitrogens with one attached hydrogen (secondary N) is 3. The predicted octanol–water partition coefficient (Wildman–Crippen LogP) is 2.83. The van der Waals surface area contributed by atoms with Crippen molar-refractivity contribution in [3.63, 3.8) is 0 Å². The number of anilines is 1. The number of nitrogens with zero attached hydrogens (tertiary/aromatic N) is 1. The van der Waals surface area contributed by atoms with Gasteiger partial charge in [-0.3, -0.25) is 10.9 Å². The number of rotatable bonds is 4.